The first kappa shape index (κ1) is 16.7. The molecule has 1 unspecified atom stereocenters. The van der Waals surface area contributed by atoms with Gasteiger partial charge in [-0.25, -0.2) is 4.79 Å². The molecule has 0 aliphatic rings. The maximum atomic E-state index is 11.5. The first-order valence-electron chi connectivity index (χ1n) is 6.49. The number of ether oxygens (including phenoxy) is 1. The molecule has 0 heterocycles. The molecule has 0 fully saturated rings. The van der Waals surface area contributed by atoms with Crippen LogP contribution in [-0.4, -0.2) is 31.7 Å². The third kappa shape index (κ3) is 9.89. The molecule has 6 heteroatoms. The molecule has 0 aliphatic carbocycles. The van der Waals surface area contributed by atoms with Crippen molar-refractivity contribution in [2.24, 2.45) is 17.4 Å². The number of nitrogens with one attached hydrogen (secondary N) is 1. The molecule has 0 radical (unpaired) electrons. The summed E-state index contributed by atoms with van der Waals surface area (Å²) < 4.78 is 4.50. The van der Waals surface area contributed by atoms with Crippen LogP contribution in [-0.2, 0) is 9.53 Å². The highest BCUT2D eigenvalue weighted by Gasteiger charge is 2.09. The molecule has 0 bridgehead atoms. The van der Waals surface area contributed by atoms with Crippen molar-refractivity contribution < 1.29 is 14.3 Å². The third-order valence-electron chi connectivity index (χ3n) is 2.72. The summed E-state index contributed by atoms with van der Waals surface area (Å²) in [7, 11) is 0. The van der Waals surface area contributed by atoms with Crippen LogP contribution >= 0.6 is 0 Å². The molecule has 0 aromatic rings. The van der Waals surface area contributed by atoms with Crippen LogP contribution in [0, 0.1) is 5.92 Å². The minimum atomic E-state index is -0.824. The Labute approximate surface area is 108 Å². The summed E-state index contributed by atoms with van der Waals surface area (Å²) in [6.07, 6.45) is 3.70. The quantitative estimate of drug-likeness (QED) is 0.503. The van der Waals surface area contributed by atoms with Gasteiger partial charge < -0.3 is 21.5 Å². The maximum absolute atomic E-state index is 11.5. The average Bonchev–Trinajstić information content (AvgIpc) is 2.32. The Hall–Kier alpha value is -1.30. The normalized spacial score (nSPS) is 11.9. The van der Waals surface area contributed by atoms with E-state index in [1.807, 2.05) is 0 Å². The molecule has 0 aliphatic heterocycles. The Balaban J connectivity index is 3.63. The van der Waals surface area contributed by atoms with Crippen molar-refractivity contribution in [1.82, 2.24) is 5.32 Å². The largest absolute Gasteiger partial charge is 0.448 e. The molecular weight excluding hydrogens is 234 g/mol. The molecule has 2 amide bonds. The van der Waals surface area contributed by atoms with Crippen molar-refractivity contribution in [2.45, 2.75) is 39.0 Å². The summed E-state index contributed by atoms with van der Waals surface area (Å²) in [6, 6.07) is 0. The number of carbonyl (C=O) groups is 2. The van der Waals surface area contributed by atoms with Crippen molar-refractivity contribution in [1.29, 1.82) is 0 Å². The highest BCUT2D eigenvalue weighted by Crippen LogP contribution is 2.16. The van der Waals surface area contributed by atoms with Gasteiger partial charge in [-0.05, 0) is 25.3 Å². The lowest BCUT2D eigenvalue weighted by molar-refractivity contribution is -0.121. The predicted octanol–water partition coefficient (Wildman–Crippen LogP) is 0.743. The lowest BCUT2D eigenvalue weighted by Gasteiger charge is -2.14. The van der Waals surface area contributed by atoms with E-state index >= 15 is 0 Å². The second-order valence-electron chi connectivity index (χ2n) is 4.29. The van der Waals surface area contributed by atoms with Crippen LogP contribution in [0.4, 0.5) is 4.79 Å². The third-order valence-corrected chi connectivity index (χ3v) is 2.72. The number of carbonyl (C=O) groups excluding carboxylic acids is 2. The van der Waals surface area contributed by atoms with Crippen molar-refractivity contribution >= 4 is 12.0 Å². The Kier molecular flexibility index (Phi) is 10.0. The summed E-state index contributed by atoms with van der Waals surface area (Å²) >= 11 is 0. The molecular formula is C12H25N3O3. The molecule has 0 aromatic heterocycles. The fraction of sp³-hybridized carbons (Fsp3) is 0.833. The molecule has 18 heavy (non-hydrogen) atoms. The zero-order chi connectivity index (χ0) is 13.8. The van der Waals surface area contributed by atoms with Gasteiger partial charge in [0.2, 0.25) is 5.91 Å². The van der Waals surface area contributed by atoms with Crippen molar-refractivity contribution in [3.05, 3.63) is 0 Å². The van der Waals surface area contributed by atoms with Crippen LogP contribution in [0.1, 0.15) is 39.0 Å². The van der Waals surface area contributed by atoms with Crippen LogP contribution in [0.2, 0.25) is 0 Å². The van der Waals surface area contributed by atoms with Gasteiger partial charge in [0, 0.05) is 6.42 Å². The number of amides is 2. The molecule has 6 nitrogen and oxygen atoms in total. The predicted molar refractivity (Wildman–Crippen MR) is 69.8 cm³/mol. The zero-order valence-corrected chi connectivity index (χ0v) is 11.1. The molecule has 0 saturated carbocycles. The first-order valence-corrected chi connectivity index (χ1v) is 6.49. The van der Waals surface area contributed by atoms with Gasteiger partial charge in [0.15, 0.2) is 0 Å². The van der Waals surface area contributed by atoms with E-state index in [0.717, 1.165) is 25.7 Å². The number of rotatable bonds is 10. The lowest BCUT2D eigenvalue weighted by atomic mass is 9.94. The minimum absolute atomic E-state index is 0.0267. The fourth-order valence-electron chi connectivity index (χ4n) is 1.84. The van der Waals surface area contributed by atoms with E-state index in [-0.39, 0.29) is 12.5 Å². The lowest BCUT2D eigenvalue weighted by Crippen LogP contribution is -2.29. The van der Waals surface area contributed by atoms with Crippen molar-refractivity contribution in [2.75, 3.05) is 19.7 Å². The van der Waals surface area contributed by atoms with Gasteiger partial charge in [0.25, 0.3) is 0 Å². The summed E-state index contributed by atoms with van der Waals surface area (Å²) in [5, 5.41) is 2.67. The van der Waals surface area contributed by atoms with Gasteiger partial charge >= 0.3 is 6.09 Å². The Morgan fingerprint density at radius 1 is 1.28 bits per heavy atom. The van der Waals surface area contributed by atoms with Crippen LogP contribution in [0.5, 0.6) is 0 Å². The van der Waals surface area contributed by atoms with E-state index < -0.39 is 6.09 Å². The average molecular weight is 259 g/mol. The highest BCUT2D eigenvalue weighted by atomic mass is 16.5. The topological polar surface area (TPSA) is 107 Å². The standard InChI is InChI=1S/C12H25N3O3/c1-2-3-10(6-7-13)4-5-11(16)15-8-9-18-12(14)17/h10H,2-9,13H2,1H3,(H2,14,17)(H,15,16). The molecule has 1 atom stereocenters. The van der Waals surface area contributed by atoms with Crippen LogP contribution in [0.25, 0.3) is 0 Å². The highest BCUT2D eigenvalue weighted by molar-refractivity contribution is 5.75. The number of primary amides is 1. The van der Waals surface area contributed by atoms with Gasteiger partial charge in [-0.15, -0.1) is 0 Å². The molecule has 0 aromatic carbocycles. The Morgan fingerprint density at radius 2 is 2.00 bits per heavy atom. The van der Waals surface area contributed by atoms with E-state index in [0.29, 0.717) is 25.4 Å². The van der Waals surface area contributed by atoms with Crippen LogP contribution in [0.3, 0.4) is 0 Å². The first-order chi connectivity index (χ1) is 8.60. The van der Waals surface area contributed by atoms with Gasteiger partial charge in [-0.3, -0.25) is 4.79 Å². The monoisotopic (exact) mass is 259 g/mol. The summed E-state index contributed by atoms with van der Waals surface area (Å²) in [5.41, 5.74) is 10.3. The second kappa shape index (κ2) is 10.8. The SMILES string of the molecule is CCCC(CCN)CCC(=O)NCCOC(N)=O. The van der Waals surface area contributed by atoms with E-state index in [1.165, 1.54) is 0 Å². The zero-order valence-electron chi connectivity index (χ0n) is 11.1. The van der Waals surface area contributed by atoms with Crippen molar-refractivity contribution in [3.8, 4) is 0 Å². The fourth-order valence-corrected chi connectivity index (χ4v) is 1.84. The summed E-state index contributed by atoms with van der Waals surface area (Å²) in [5.74, 6) is 0.494. The number of nitrogens with two attached hydrogens (primary N) is 2. The maximum Gasteiger partial charge on any atom is 0.404 e. The van der Waals surface area contributed by atoms with E-state index in [4.69, 9.17) is 11.5 Å². The molecule has 0 spiro atoms. The minimum Gasteiger partial charge on any atom is -0.448 e. The second-order valence-corrected chi connectivity index (χ2v) is 4.29. The Bertz CT molecular complexity index is 241. The van der Waals surface area contributed by atoms with Gasteiger partial charge in [0.1, 0.15) is 6.61 Å². The van der Waals surface area contributed by atoms with E-state index in [9.17, 15) is 9.59 Å². The molecule has 106 valence electrons. The molecule has 0 rings (SSSR count). The van der Waals surface area contributed by atoms with Gasteiger partial charge in [-0.2, -0.15) is 0 Å². The Morgan fingerprint density at radius 3 is 2.56 bits per heavy atom. The smallest absolute Gasteiger partial charge is 0.404 e. The van der Waals surface area contributed by atoms with Crippen LogP contribution in [0.15, 0.2) is 0 Å². The van der Waals surface area contributed by atoms with Crippen molar-refractivity contribution in [3.63, 3.8) is 0 Å². The molecule has 0 saturated heterocycles. The number of hydrogen-bond donors (Lipinski definition) is 3. The molecule has 5 N–H and O–H groups in total. The number of hydrogen-bond acceptors (Lipinski definition) is 4. The van der Waals surface area contributed by atoms with E-state index in [1.54, 1.807) is 0 Å². The summed E-state index contributed by atoms with van der Waals surface area (Å²) in [4.78, 5) is 21.8. The van der Waals surface area contributed by atoms with Crippen LogP contribution < -0.4 is 16.8 Å². The summed E-state index contributed by atoms with van der Waals surface area (Å²) in [6.45, 7) is 3.21. The van der Waals surface area contributed by atoms with E-state index in [2.05, 4.69) is 17.0 Å². The van der Waals surface area contributed by atoms with Gasteiger partial charge in [-0.1, -0.05) is 19.8 Å². The van der Waals surface area contributed by atoms with Gasteiger partial charge in [0.05, 0.1) is 6.54 Å².